The molecule has 3 nitrogen and oxygen atoms in total. The Morgan fingerprint density at radius 1 is 1.67 bits per heavy atom. The van der Waals surface area contributed by atoms with Gasteiger partial charge in [0.25, 0.3) is 0 Å². The number of hydrogen-bond acceptors (Lipinski definition) is 3. The lowest BCUT2D eigenvalue weighted by Gasteiger charge is -2.11. The third-order valence-corrected chi connectivity index (χ3v) is 3.36. The minimum absolute atomic E-state index is 0.0262. The van der Waals surface area contributed by atoms with Gasteiger partial charge in [-0.2, -0.15) is 11.8 Å². The highest BCUT2D eigenvalue weighted by molar-refractivity contribution is 7.99. The summed E-state index contributed by atoms with van der Waals surface area (Å²) in [4.78, 5) is 10.9. The summed E-state index contributed by atoms with van der Waals surface area (Å²) in [6.45, 7) is 0.112. The highest BCUT2D eigenvalue weighted by atomic mass is 32.2. The summed E-state index contributed by atoms with van der Waals surface area (Å²) in [6.07, 6.45) is 5.55. The molecule has 1 amide bonds. The molecule has 1 aliphatic rings. The molecule has 0 aromatic carbocycles. The normalized spacial score (nSPS) is 28.8. The maximum Gasteiger partial charge on any atom is 0.233 e. The first-order chi connectivity index (χ1) is 5.76. The Balaban J connectivity index is 2.23. The van der Waals surface area contributed by atoms with Crippen LogP contribution in [0.2, 0.25) is 0 Å². The van der Waals surface area contributed by atoms with Crippen LogP contribution in [0.1, 0.15) is 19.3 Å². The van der Waals surface area contributed by atoms with Gasteiger partial charge in [0.15, 0.2) is 0 Å². The number of hydrogen-bond donors (Lipinski definition) is 2. The fourth-order valence-electron chi connectivity index (χ4n) is 1.57. The summed E-state index contributed by atoms with van der Waals surface area (Å²) in [6, 6.07) is 0.374. The van der Waals surface area contributed by atoms with E-state index in [9.17, 15) is 4.79 Å². The Morgan fingerprint density at radius 3 is 2.92 bits per heavy atom. The molecule has 0 aliphatic heterocycles. The Kier molecular flexibility index (Phi) is 3.88. The van der Waals surface area contributed by atoms with Crippen LogP contribution in [0.25, 0.3) is 0 Å². The van der Waals surface area contributed by atoms with Crippen molar-refractivity contribution < 1.29 is 4.79 Å². The first-order valence-corrected chi connectivity index (χ1v) is 5.57. The highest BCUT2D eigenvalue weighted by Crippen LogP contribution is 2.27. The second kappa shape index (κ2) is 4.72. The van der Waals surface area contributed by atoms with Gasteiger partial charge in [-0.3, -0.25) is 4.79 Å². The Morgan fingerprint density at radius 2 is 2.42 bits per heavy atom. The summed E-state index contributed by atoms with van der Waals surface area (Å²) in [7, 11) is 0. The van der Waals surface area contributed by atoms with Gasteiger partial charge in [0.2, 0.25) is 5.91 Å². The highest BCUT2D eigenvalue weighted by Gasteiger charge is 2.24. The summed E-state index contributed by atoms with van der Waals surface area (Å²) >= 11 is 1.89. The van der Waals surface area contributed by atoms with Crippen LogP contribution >= 0.6 is 11.8 Å². The molecule has 0 heterocycles. The van der Waals surface area contributed by atoms with Crippen molar-refractivity contribution in [1.29, 1.82) is 0 Å². The van der Waals surface area contributed by atoms with E-state index < -0.39 is 0 Å². The summed E-state index contributed by atoms with van der Waals surface area (Å²) in [5.74, 6) is -0.0262. The van der Waals surface area contributed by atoms with Crippen molar-refractivity contribution in [3.63, 3.8) is 0 Å². The monoisotopic (exact) mass is 188 g/mol. The maximum absolute atomic E-state index is 10.9. The number of nitrogens with one attached hydrogen (secondary N) is 1. The van der Waals surface area contributed by atoms with E-state index in [-0.39, 0.29) is 12.5 Å². The minimum Gasteiger partial charge on any atom is -0.352 e. The smallest absolute Gasteiger partial charge is 0.233 e. The van der Waals surface area contributed by atoms with Crippen molar-refractivity contribution in [3.05, 3.63) is 0 Å². The fourth-order valence-corrected chi connectivity index (χ4v) is 2.37. The topological polar surface area (TPSA) is 55.1 Å². The number of carbonyl (C=O) groups excluding carboxylic acids is 1. The average molecular weight is 188 g/mol. The number of nitrogens with two attached hydrogens (primary N) is 1. The van der Waals surface area contributed by atoms with Crippen molar-refractivity contribution in [2.24, 2.45) is 5.73 Å². The van der Waals surface area contributed by atoms with Crippen LogP contribution in [0.5, 0.6) is 0 Å². The molecule has 0 bridgehead atoms. The lowest BCUT2D eigenvalue weighted by atomic mass is 10.2. The summed E-state index contributed by atoms with van der Waals surface area (Å²) in [5, 5.41) is 3.65. The lowest BCUT2D eigenvalue weighted by molar-refractivity contribution is -0.120. The molecule has 12 heavy (non-hydrogen) atoms. The third-order valence-electron chi connectivity index (χ3n) is 2.27. The zero-order valence-electron chi connectivity index (χ0n) is 7.38. The van der Waals surface area contributed by atoms with Gasteiger partial charge in [-0.25, -0.2) is 0 Å². The van der Waals surface area contributed by atoms with Crippen LogP contribution in [0.3, 0.4) is 0 Å². The van der Waals surface area contributed by atoms with E-state index in [0.29, 0.717) is 6.04 Å². The Hall–Kier alpha value is -0.220. The number of rotatable bonds is 3. The first kappa shape index (κ1) is 9.86. The molecule has 3 N–H and O–H groups in total. The van der Waals surface area contributed by atoms with E-state index in [1.54, 1.807) is 0 Å². The standard InChI is InChI=1S/C8H16N2OS/c1-12-7-3-2-6(4-7)10-8(11)5-9/h6-7H,2-5,9H2,1H3,(H,10,11). The second-order valence-corrected chi connectivity index (χ2v) is 4.28. The van der Waals surface area contributed by atoms with Gasteiger partial charge in [0.05, 0.1) is 6.54 Å². The van der Waals surface area contributed by atoms with Gasteiger partial charge in [0, 0.05) is 11.3 Å². The molecule has 2 atom stereocenters. The Labute approximate surface area is 77.5 Å². The van der Waals surface area contributed by atoms with Crippen LogP contribution in [-0.2, 0) is 4.79 Å². The molecule has 0 aromatic rings. The predicted octanol–water partition coefficient (Wildman–Crippen LogP) is 0.345. The van der Waals surface area contributed by atoms with E-state index in [1.807, 2.05) is 11.8 Å². The van der Waals surface area contributed by atoms with Gasteiger partial charge < -0.3 is 11.1 Å². The van der Waals surface area contributed by atoms with Gasteiger partial charge in [-0.15, -0.1) is 0 Å². The van der Waals surface area contributed by atoms with Crippen molar-refractivity contribution in [1.82, 2.24) is 5.32 Å². The number of amides is 1. The second-order valence-electron chi connectivity index (χ2n) is 3.14. The third kappa shape index (κ3) is 2.68. The van der Waals surface area contributed by atoms with Crippen molar-refractivity contribution >= 4 is 17.7 Å². The van der Waals surface area contributed by atoms with Crippen molar-refractivity contribution in [2.45, 2.75) is 30.6 Å². The largest absolute Gasteiger partial charge is 0.352 e. The lowest BCUT2D eigenvalue weighted by Crippen LogP contribution is -2.37. The average Bonchev–Trinajstić information content (AvgIpc) is 2.52. The molecular formula is C8H16N2OS. The van der Waals surface area contributed by atoms with Crippen molar-refractivity contribution in [3.8, 4) is 0 Å². The summed E-state index contributed by atoms with van der Waals surface area (Å²) in [5.41, 5.74) is 5.20. The van der Waals surface area contributed by atoms with E-state index >= 15 is 0 Å². The van der Waals surface area contributed by atoms with Gasteiger partial charge in [0.1, 0.15) is 0 Å². The van der Waals surface area contributed by atoms with Gasteiger partial charge in [-0.05, 0) is 25.5 Å². The molecule has 2 unspecified atom stereocenters. The SMILES string of the molecule is CSC1CCC(NC(=O)CN)C1. The van der Waals surface area contributed by atoms with Crippen molar-refractivity contribution in [2.75, 3.05) is 12.8 Å². The van der Waals surface area contributed by atoms with E-state index in [1.165, 1.54) is 6.42 Å². The van der Waals surface area contributed by atoms with Gasteiger partial charge >= 0.3 is 0 Å². The molecule has 4 heteroatoms. The number of thioether (sulfide) groups is 1. The molecule has 0 aromatic heterocycles. The zero-order chi connectivity index (χ0) is 8.97. The minimum atomic E-state index is -0.0262. The molecular weight excluding hydrogens is 172 g/mol. The van der Waals surface area contributed by atoms with Crippen LogP contribution in [0.4, 0.5) is 0 Å². The summed E-state index contributed by atoms with van der Waals surface area (Å²) < 4.78 is 0. The molecule has 1 saturated carbocycles. The van der Waals surface area contributed by atoms with Crippen LogP contribution < -0.4 is 11.1 Å². The molecule has 1 fully saturated rings. The Bertz CT molecular complexity index is 163. The van der Waals surface area contributed by atoms with E-state index in [0.717, 1.165) is 18.1 Å². The predicted molar refractivity (Wildman–Crippen MR) is 52.1 cm³/mol. The van der Waals surface area contributed by atoms with Gasteiger partial charge in [-0.1, -0.05) is 0 Å². The fraction of sp³-hybridized carbons (Fsp3) is 0.875. The van der Waals surface area contributed by atoms with Crippen LogP contribution in [0, 0.1) is 0 Å². The molecule has 70 valence electrons. The quantitative estimate of drug-likeness (QED) is 0.672. The zero-order valence-corrected chi connectivity index (χ0v) is 8.19. The molecule has 0 radical (unpaired) electrons. The van der Waals surface area contributed by atoms with E-state index in [2.05, 4.69) is 11.6 Å². The molecule has 0 saturated heterocycles. The maximum atomic E-state index is 10.9. The number of carbonyl (C=O) groups is 1. The first-order valence-electron chi connectivity index (χ1n) is 4.28. The molecule has 1 aliphatic carbocycles. The van der Waals surface area contributed by atoms with E-state index in [4.69, 9.17) is 5.73 Å². The molecule has 0 spiro atoms. The van der Waals surface area contributed by atoms with Crippen LogP contribution in [-0.4, -0.2) is 30.0 Å². The van der Waals surface area contributed by atoms with Crippen LogP contribution in [0.15, 0.2) is 0 Å². The molecule has 1 rings (SSSR count).